The molecule has 1 atom stereocenters. The molecule has 110 valence electrons. The molecule has 22 heavy (non-hydrogen) atoms. The predicted molar refractivity (Wildman–Crippen MR) is 97.8 cm³/mol. The summed E-state index contributed by atoms with van der Waals surface area (Å²) in [6, 6.07) is 10.4. The molecular weight excluding hydrogens is 264 g/mol. The van der Waals surface area contributed by atoms with Crippen LogP contribution in [0.4, 0.5) is 0 Å². The van der Waals surface area contributed by atoms with Crippen LogP contribution in [0.5, 0.6) is 0 Å². The van der Waals surface area contributed by atoms with E-state index in [2.05, 4.69) is 69.7 Å². The molecule has 0 saturated heterocycles. The lowest BCUT2D eigenvalue weighted by Gasteiger charge is -2.35. The van der Waals surface area contributed by atoms with Crippen LogP contribution in [0.25, 0.3) is 0 Å². The van der Waals surface area contributed by atoms with Gasteiger partial charge in [-0.1, -0.05) is 93.1 Å². The zero-order valence-corrected chi connectivity index (χ0v) is 13.2. The van der Waals surface area contributed by atoms with Crippen LogP contribution in [0.1, 0.15) is 12.5 Å². The summed E-state index contributed by atoms with van der Waals surface area (Å²) < 4.78 is 0. The molecule has 0 radical (unpaired) electrons. The van der Waals surface area contributed by atoms with Crippen molar-refractivity contribution in [3.8, 4) is 0 Å². The first-order valence-electron chi connectivity index (χ1n) is 7.35. The van der Waals surface area contributed by atoms with Crippen molar-refractivity contribution in [3.05, 3.63) is 121 Å². The fourth-order valence-electron chi connectivity index (χ4n) is 3.21. The van der Waals surface area contributed by atoms with Crippen molar-refractivity contribution in [2.45, 2.75) is 12.3 Å². The highest BCUT2D eigenvalue weighted by atomic mass is 14.4. The van der Waals surface area contributed by atoms with E-state index in [0.29, 0.717) is 0 Å². The maximum atomic E-state index is 4.29. The summed E-state index contributed by atoms with van der Waals surface area (Å²) in [6.07, 6.45) is 11.8. The van der Waals surface area contributed by atoms with Crippen molar-refractivity contribution in [3.63, 3.8) is 0 Å². The van der Waals surface area contributed by atoms with Crippen molar-refractivity contribution in [1.29, 1.82) is 0 Å². The highest BCUT2D eigenvalue weighted by Crippen LogP contribution is 2.51. The average molecular weight is 286 g/mol. The molecule has 0 heterocycles. The molecule has 1 aliphatic rings. The van der Waals surface area contributed by atoms with Crippen molar-refractivity contribution in [1.82, 2.24) is 0 Å². The van der Waals surface area contributed by atoms with Crippen LogP contribution in [-0.4, -0.2) is 0 Å². The number of rotatable bonds is 6. The van der Waals surface area contributed by atoms with Gasteiger partial charge in [-0.15, -0.1) is 0 Å². The fraction of sp³-hybridized carbons (Fsp3) is 0.0909. The van der Waals surface area contributed by atoms with Gasteiger partial charge in [-0.3, -0.25) is 0 Å². The molecule has 1 aromatic carbocycles. The Labute approximate surface area is 133 Å². The smallest absolute Gasteiger partial charge is 0.0698 e. The summed E-state index contributed by atoms with van der Waals surface area (Å²) in [4.78, 5) is 0. The molecule has 0 aliphatic heterocycles. The van der Waals surface area contributed by atoms with Crippen molar-refractivity contribution < 1.29 is 0 Å². The minimum atomic E-state index is -0.422. The van der Waals surface area contributed by atoms with Crippen LogP contribution in [0.3, 0.4) is 0 Å². The van der Waals surface area contributed by atoms with E-state index in [0.717, 1.165) is 11.1 Å². The molecule has 1 unspecified atom stereocenters. The standard InChI is InChI=1S/C22H22/c1-6-9-15-21-17(4)16-19(8-3)22(21,18(5)7-2)20-13-11-10-12-14-20/h6-16H,1-3,5H2,4H3/b15-9-. The minimum Gasteiger partial charge on any atom is -0.0991 e. The molecule has 0 saturated carbocycles. The Morgan fingerprint density at radius 1 is 1.09 bits per heavy atom. The number of hydrogen-bond acceptors (Lipinski definition) is 0. The highest BCUT2D eigenvalue weighted by Gasteiger charge is 2.43. The molecule has 0 nitrogen and oxygen atoms in total. The van der Waals surface area contributed by atoms with E-state index in [1.807, 2.05) is 24.3 Å². The SMILES string of the molecule is C=C/C=C\C1=C(C)C=C(C=C)C1(C(=C)C=C)c1ccccc1. The van der Waals surface area contributed by atoms with Gasteiger partial charge in [0.05, 0.1) is 5.41 Å². The van der Waals surface area contributed by atoms with Gasteiger partial charge in [0.1, 0.15) is 0 Å². The molecule has 1 aromatic rings. The van der Waals surface area contributed by atoms with Crippen LogP contribution >= 0.6 is 0 Å². The third-order valence-electron chi connectivity index (χ3n) is 4.19. The van der Waals surface area contributed by atoms with Crippen LogP contribution in [0.2, 0.25) is 0 Å². The van der Waals surface area contributed by atoms with Gasteiger partial charge in [0.2, 0.25) is 0 Å². The van der Waals surface area contributed by atoms with E-state index in [9.17, 15) is 0 Å². The van der Waals surface area contributed by atoms with E-state index in [4.69, 9.17) is 0 Å². The van der Waals surface area contributed by atoms with E-state index < -0.39 is 5.41 Å². The lowest BCUT2D eigenvalue weighted by Crippen LogP contribution is -2.29. The Morgan fingerprint density at radius 2 is 1.77 bits per heavy atom. The Bertz CT molecular complexity index is 708. The monoisotopic (exact) mass is 286 g/mol. The molecule has 1 aliphatic carbocycles. The summed E-state index contributed by atoms with van der Waals surface area (Å²) >= 11 is 0. The third kappa shape index (κ3) is 2.27. The van der Waals surface area contributed by atoms with Crippen LogP contribution in [0, 0.1) is 0 Å². The summed E-state index contributed by atoms with van der Waals surface area (Å²) in [6.45, 7) is 18.2. The highest BCUT2D eigenvalue weighted by molar-refractivity contribution is 5.70. The minimum absolute atomic E-state index is 0.422. The second-order valence-electron chi connectivity index (χ2n) is 5.34. The maximum Gasteiger partial charge on any atom is 0.0698 e. The number of hydrogen-bond donors (Lipinski definition) is 0. The van der Waals surface area contributed by atoms with E-state index in [1.54, 1.807) is 6.08 Å². The van der Waals surface area contributed by atoms with Crippen molar-refractivity contribution in [2.24, 2.45) is 0 Å². The molecule has 2 rings (SSSR count). The molecular formula is C22H22. The number of benzene rings is 1. The van der Waals surface area contributed by atoms with E-state index in [-0.39, 0.29) is 0 Å². The second kappa shape index (κ2) is 6.44. The molecule has 0 spiro atoms. The number of allylic oxidation sites excluding steroid dienone is 10. The topological polar surface area (TPSA) is 0 Å². The first kappa shape index (κ1) is 15.8. The summed E-state index contributed by atoms with van der Waals surface area (Å²) in [5.41, 5.74) is 5.23. The van der Waals surface area contributed by atoms with Gasteiger partial charge >= 0.3 is 0 Å². The average Bonchev–Trinajstić information content (AvgIpc) is 2.85. The molecule has 0 bridgehead atoms. The maximum absolute atomic E-state index is 4.29. The quantitative estimate of drug-likeness (QED) is 0.575. The normalized spacial score (nSPS) is 20.9. The molecule has 0 N–H and O–H groups in total. The largest absolute Gasteiger partial charge is 0.0991 e. The fourth-order valence-corrected chi connectivity index (χ4v) is 3.21. The van der Waals surface area contributed by atoms with E-state index >= 15 is 0 Å². The Balaban J connectivity index is 2.84. The molecule has 0 fully saturated rings. The van der Waals surface area contributed by atoms with Gasteiger partial charge in [-0.2, -0.15) is 0 Å². The molecule has 0 heteroatoms. The van der Waals surface area contributed by atoms with Gasteiger partial charge < -0.3 is 0 Å². The first-order valence-corrected chi connectivity index (χ1v) is 7.35. The lowest BCUT2D eigenvalue weighted by atomic mass is 9.66. The zero-order valence-electron chi connectivity index (χ0n) is 13.2. The van der Waals surface area contributed by atoms with Crippen LogP contribution in [-0.2, 0) is 5.41 Å². The van der Waals surface area contributed by atoms with Gasteiger partial charge in [0, 0.05) is 0 Å². The van der Waals surface area contributed by atoms with Gasteiger partial charge in [-0.05, 0) is 34.8 Å². The first-order chi connectivity index (χ1) is 10.6. The van der Waals surface area contributed by atoms with Gasteiger partial charge in [0.25, 0.3) is 0 Å². The summed E-state index contributed by atoms with van der Waals surface area (Å²) in [5, 5.41) is 0. The lowest BCUT2D eigenvalue weighted by molar-refractivity contribution is 0.757. The van der Waals surface area contributed by atoms with Crippen molar-refractivity contribution in [2.75, 3.05) is 0 Å². The van der Waals surface area contributed by atoms with Gasteiger partial charge in [-0.25, -0.2) is 0 Å². The molecule has 0 amide bonds. The van der Waals surface area contributed by atoms with Crippen molar-refractivity contribution >= 4 is 0 Å². The Kier molecular flexibility index (Phi) is 4.62. The predicted octanol–water partition coefficient (Wildman–Crippen LogP) is 5.85. The Hall–Kier alpha value is -2.60. The zero-order chi connectivity index (χ0) is 16.2. The third-order valence-corrected chi connectivity index (χ3v) is 4.19. The Morgan fingerprint density at radius 3 is 2.32 bits per heavy atom. The van der Waals surface area contributed by atoms with Gasteiger partial charge in [0.15, 0.2) is 0 Å². The second-order valence-corrected chi connectivity index (χ2v) is 5.34. The van der Waals surface area contributed by atoms with Crippen LogP contribution < -0.4 is 0 Å². The summed E-state index contributed by atoms with van der Waals surface area (Å²) in [5.74, 6) is 0. The summed E-state index contributed by atoms with van der Waals surface area (Å²) in [7, 11) is 0. The van der Waals surface area contributed by atoms with E-state index in [1.165, 1.54) is 16.7 Å². The van der Waals surface area contributed by atoms with Crippen LogP contribution in [0.15, 0.2) is 115 Å². The molecule has 0 aromatic heterocycles.